The van der Waals surface area contributed by atoms with Crippen molar-refractivity contribution in [2.75, 3.05) is 0 Å². The van der Waals surface area contributed by atoms with Crippen LogP contribution in [0.5, 0.6) is 0 Å². The third-order valence-electron chi connectivity index (χ3n) is 7.28. The molecule has 0 bridgehead atoms. The summed E-state index contributed by atoms with van der Waals surface area (Å²) in [6.07, 6.45) is 1.03. The van der Waals surface area contributed by atoms with Crippen molar-refractivity contribution in [2.24, 2.45) is 0 Å². The first-order chi connectivity index (χ1) is 19.4. The molecule has 0 N–H and O–H groups in total. The summed E-state index contributed by atoms with van der Waals surface area (Å²) in [4.78, 5) is 0. The van der Waals surface area contributed by atoms with E-state index in [1.807, 2.05) is 48.5 Å². The predicted molar refractivity (Wildman–Crippen MR) is 174 cm³/mol. The molecule has 0 radical (unpaired) electrons. The number of benzene rings is 4. The van der Waals surface area contributed by atoms with Gasteiger partial charge in [-0.15, -0.1) is 5.56 Å². The van der Waals surface area contributed by atoms with E-state index in [2.05, 4.69) is 114 Å². The molecule has 0 saturated carbocycles. The van der Waals surface area contributed by atoms with Gasteiger partial charge in [0.25, 0.3) is 0 Å². The maximum atomic E-state index is 5.86. The molecule has 222 valence electrons. The number of halogens is 3. The van der Waals surface area contributed by atoms with Crippen LogP contribution in [0.3, 0.4) is 0 Å². The van der Waals surface area contributed by atoms with E-state index < -0.39 is 0 Å². The molecule has 0 saturated heterocycles. The van der Waals surface area contributed by atoms with Gasteiger partial charge in [0.05, 0.1) is 0 Å². The Morgan fingerprint density at radius 2 is 1.26 bits per heavy atom. The smallest absolute Gasteiger partial charge is 0.172 e. The van der Waals surface area contributed by atoms with Gasteiger partial charge in [-0.3, -0.25) is 0 Å². The van der Waals surface area contributed by atoms with E-state index in [1.165, 1.54) is 71.9 Å². The second-order valence-electron chi connectivity index (χ2n) is 12.5. The molecule has 1 aliphatic rings. The molecule has 5 aromatic rings. The zero-order chi connectivity index (χ0) is 29.6. The molecular formula is C39H39Cl3Zr-2. The molecule has 6 rings (SSSR count). The van der Waals surface area contributed by atoms with Gasteiger partial charge < -0.3 is 24.8 Å². The van der Waals surface area contributed by atoms with Crippen molar-refractivity contribution in [1.82, 2.24) is 0 Å². The topological polar surface area (TPSA) is 0 Å². The fourth-order valence-corrected chi connectivity index (χ4v) is 5.64. The average molecular weight is 705 g/mol. The van der Waals surface area contributed by atoms with Crippen LogP contribution >= 0.6 is 11.6 Å². The van der Waals surface area contributed by atoms with E-state index in [0.29, 0.717) is 0 Å². The summed E-state index contributed by atoms with van der Waals surface area (Å²) in [6, 6.07) is 43.5. The monoisotopic (exact) mass is 702 g/mol. The Bertz CT molecular complexity index is 1490. The van der Waals surface area contributed by atoms with Crippen molar-refractivity contribution in [3.63, 3.8) is 0 Å². The van der Waals surface area contributed by atoms with Crippen LogP contribution in [0.15, 0.2) is 115 Å². The third-order valence-corrected chi connectivity index (χ3v) is 8.95. The van der Waals surface area contributed by atoms with Crippen molar-refractivity contribution in [2.45, 2.75) is 58.8 Å². The number of fused-ring (bicyclic) bond motifs is 3. The SMILES string of the molecule is CC(C)(C)c1c[c-]c2c(c1)-c1cc(C(C)(C)C)ccc1C2.Clc1ccc([C](=[Zr+2])c2ccccc2)cc1.[Cl-].[Cl-].c1cc[cH-]c1. The van der Waals surface area contributed by atoms with E-state index in [4.69, 9.17) is 11.6 Å². The van der Waals surface area contributed by atoms with Crippen LogP contribution in [0.4, 0.5) is 0 Å². The minimum Gasteiger partial charge on any atom is -1.00 e. The van der Waals surface area contributed by atoms with Gasteiger partial charge >= 0.3 is 110 Å². The molecule has 0 atom stereocenters. The van der Waals surface area contributed by atoms with Crippen LogP contribution in [0, 0.1) is 6.07 Å². The Morgan fingerprint density at radius 1 is 0.698 bits per heavy atom. The van der Waals surface area contributed by atoms with Gasteiger partial charge in [-0.1, -0.05) is 76.3 Å². The van der Waals surface area contributed by atoms with Gasteiger partial charge in [0.15, 0.2) is 0 Å². The maximum absolute atomic E-state index is 5.86. The molecule has 0 fully saturated rings. The summed E-state index contributed by atoms with van der Waals surface area (Å²) < 4.78 is 1.36. The Morgan fingerprint density at radius 3 is 1.79 bits per heavy atom. The number of hydrogen-bond acceptors (Lipinski definition) is 0. The fourth-order valence-electron chi connectivity index (χ4n) is 4.69. The molecule has 0 amide bonds. The normalized spacial score (nSPS) is 11.3. The van der Waals surface area contributed by atoms with Gasteiger partial charge in [-0.2, -0.15) is 47.5 Å². The maximum Gasteiger partial charge on any atom is -0.172 e. The van der Waals surface area contributed by atoms with Gasteiger partial charge in [0, 0.05) is 0 Å². The Labute approximate surface area is 291 Å². The quantitative estimate of drug-likeness (QED) is 0.233. The van der Waals surface area contributed by atoms with Gasteiger partial charge in [-0.25, -0.2) is 12.1 Å². The van der Waals surface area contributed by atoms with Crippen molar-refractivity contribution in [1.29, 1.82) is 0 Å². The summed E-state index contributed by atoms with van der Waals surface area (Å²) in [5.74, 6) is 0. The molecule has 1 aliphatic carbocycles. The summed E-state index contributed by atoms with van der Waals surface area (Å²) >= 11 is 7.28. The summed E-state index contributed by atoms with van der Waals surface area (Å²) in [5.41, 5.74) is 11.3. The van der Waals surface area contributed by atoms with Gasteiger partial charge in [-0.05, 0) is 17.4 Å². The van der Waals surface area contributed by atoms with Crippen LogP contribution in [-0.4, -0.2) is 3.21 Å². The molecule has 5 aromatic carbocycles. The van der Waals surface area contributed by atoms with Crippen LogP contribution in [0.25, 0.3) is 11.1 Å². The van der Waals surface area contributed by atoms with Crippen molar-refractivity contribution in [3.05, 3.63) is 160 Å². The first kappa shape index (κ1) is 37.0. The van der Waals surface area contributed by atoms with E-state index in [9.17, 15) is 0 Å². The molecule has 0 spiro atoms. The molecule has 0 unspecified atom stereocenters. The second kappa shape index (κ2) is 16.2. The van der Waals surface area contributed by atoms with Crippen LogP contribution in [-0.2, 0) is 41.5 Å². The van der Waals surface area contributed by atoms with Crippen molar-refractivity contribution in [3.8, 4) is 11.1 Å². The molecule has 0 aromatic heterocycles. The van der Waals surface area contributed by atoms with Gasteiger partial charge in [0.2, 0.25) is 0 Å². The van der Waals surface area contributed by atoms with E-state index in [1.54, 1.807) is 0 Å². The molecule has 0 heterocycles. The fraction of sp³-hybridized carbons (Fsp3) is 0.231. The standard InChI is InChI=1S/C21H25.C13H9Cl.C5H5.2ClH.Zr/c1-20(2,3)16-9-7-14-11-15-8-10-17(21(4,5)6)13-19(15)18(14)12-16;14-13-8-6-12(7-9-13)10-11-4-2-1-3-5-11;1-2-4-5-3-1;;;/h7,9-10,12-13H,11H2,1-6H3;1-9H;1-5H;2*1H;/q-1;;-1;;;+2/p-2. The molecule has 0 aliphatic heterocycles. The largest absolute Gasteiger partial charge is 1.00 e. The Kier molecular flexibility index (Phi) is 14.0. The summed E-state index contributed by atoms with van der Waals surface area (Å²) in [7, 11) is 0. The van der Waals surface area contributed by atoms with E-state index in [0.717, 1.165) is 11.4 Å². The van der Waals surface area contributed by atoms with Crippen LogP contribution in [0.2, 0.25) is 5.02 Å². The minimum absolute atomic E-state index is 0. The molecule has 4 heteroatoms. The summed E-state index contributed by atoms with van der Waals surface area (Å²) in [5, 5.41) is 0.787. The minimum atomic E-state index is 0. The molecule has 0 nitrogen and oxygen atoms in total. The zero-order valence-electron chi connectivity index (χ0n) is 25.8. The second-order valence-corrected chi connectivity index (χ2v) is 14.2. The number of rotatable bonds is 2. The van der Waals surface area contributed by atoms with Crippen LogP contribution < -0.4 is 24.8 Å². The number of hydrogen-bond donors (Lipinski definition) is 0. The van der Waals surface area contributed by atoms with Crippen LogP contribution in [0.1, 0.15) is 74.9 Å². The Hall–Kier alpha value is -2.15. The average Bonchev–Trinajstić information content (AvgIpc) is 3.64. The van der Waals surface area contributed by atoms with Crippen molar-refractivity contribution < 1.29 is 49.0 Å². The van der Waals surface area contributed by atoms with E-state index >= 15 is 0 Å². The Balaban J connectivity index is 0.000000256. The zero-order valence-corrected chi connectivity index (χ0v) is 30.5. The molecule has 43 heavy (non-hydrogen) atoms. The van der Waals surface area contributed by atoms with Crippen molar-refractivity contribution >= 4 is 14.8 Å². The molecular weight excluding hydrogens is 666 g/mol. The third kappa shape index (κ3) is 10.2. The first-order valence-corrected chi connectivity index (χ1v) is 15.8. The van der Waals surface area contributed by atoms with Gasteiger partial charge in [0.1, 0.15) is 0 Å². The first-order valence-electron chi connectivity index (χ1n) is 14.2. The predicted octanol–water partition coefficient (Wildman–Crippen LogP) is 4.52. The summed E-state index contributed by atoms with van der Waals surface area (Å²) in [6.45, 7) is 13.6. The van der Waals surface area contributed by atoms with E-state index in [-0.39, 0.29) is 35.6 Å².